The third-order valence-corrected chi connectivity index (χ3v) is 4.23. The molecule has 18 heavy (non-hydrogen) atoms. The number of likely N-dealkylation sites (tertiary alicyclic amines) is 1. The number of nitrogens with zero attached hydrogens (tertiary/aromatic N) is 2. The SMILES string of the molecule is OC[C@H]1C[C@H]2OC(N3CCCC3)=N[C@H]2[C@@H](O)[C@@H]1O. The van der Waals surface area contributed by atoms with E-state index in [-0.39, 0.29) is 18.6 Å². The topological polar surface area (TPSA) is 85.5 Å². The van der Waals surface area contributed by atoms with Gasteiger partial charge in [0.15, 0.2) is 0 Å². The number of amidine groups is 1. The highest BCUT2D eigenvalue weighted by molar-refractivity contribution is 5.76. The highest BCUT2D eigenvalue weighted by Gasteiger charge is 2.48. The molecule has 0 unspecified atom stereocenters. The molecule has 0 aromatic carbocycles. The largest absolute Gasteiger partial charge is 0.459 e. The third kappa shape index (κ3) is 1.88. The van der Waals surface area contributed by atoms with Crippen molar-refractivity contribution in [1.29, 1.82) is 0 Å². The van der Waals surface area contributed by atoms with Gasteiger partial charge in [-0.2, -0.15) is 0 Å². The van der Waals surface area contributed by atoms with Gasteiger partial charge >= 0.3 is 0 Å². The molecule has 1 aliphatic carbocycles. The van der Waals surface area contributed by atoms with Gasteiger partial charge in [-0.25, -0.2) is 4.99 Å². The van der Waals surface area contributed by atoms with Crippen molar-refractivity contribution in [1.82, 2.24) is 4.90 Å². The van der Waals surface area contributed by atoms with Gasteiger partial charge < -0.3 is 25.0 Å². The predicted octanol–water partition coefficient (Wildman–Crippen LogP) is -1.06. The molecule has 6 nitrogen and oxygen atoms in total. The minimum atomic E-state index is -0.944. The molecule has 5 atom stereocenters. The maximum absolute atomic E-state index is 10.0. The van der Waals surface area contributed by atoms with Crippen molar-refractivity contribution in [3.63, 3.8) is 0 Å². The maximum atomic E-state index is 10.0. The van der Waals surface area contributed by atoms with Crippen LogP contribution in [0.4, 0.5) is 0 Å². The summed E-state index contributed by atoms with van der Waals surface area (Å²) in [4.78, 5) is 6.51. The summed E-state index contributed by atoms with van der Waals surface area (Å²) in [6.07, 6.45) is 0.753. The summed E-state index contributed by atoms with van der Waals surface area (Å²) in [6.45, 7) is 1.75. The fourth-order valence-electron chi connectivity index (χ4n) is 3.10. The molecule has 2 heterocycles. The van der Waals surface area contributed by atoms with E-state index in [9.17, 15) is 15.3 Å². The van der Waals surface area contributed by atoms with E-state index >= 15 is 0 Å². The Hall–Kier alpha value is -0.850. The first-order valence-corrected chi connectivity index (χ1v) is 6.67. The van der Waals surface area contributed by atoms with Crippen molar-refractivity contribution >= 4 is 6.02 Å². The smallest absolute Gasteiger partial charge is 0.288 e. The highest BCUT2D eigenvalue weighted by Crippen LogP contribution is 2.33. The molecule has 0 aromatic heterocycles. The van der Waals surface area contributed by atoms with Gasteiger partial charge in [-0.05, 0) is 19.3 Å². The van der Waals surface area contributed by atoms with Crippen LogP contribution in [0.3, 0.4) is 0 Å². The van der Waals surface area contributed by atoms with Crippen LogP contribution in [0.25, 0.3) is 0 Å². The summed E-state index contributed by atoms with van der Waals surface area (Å²) in [5, 5.41) is 29.1. The lowest BCUT2D eigenvalue weighted by atomic mass is 9.80. The zero-order chi connectivity index (χ0) is 12.7. The molecule has 6 heteroatoms. The van der Waals surface area contributed by atoms with E-state index < -0.39 is 18.2 Å². The van der Waals surface area contributed by atoms with Crippen molar-refractivity contribution in [3.05, 3.63) is 0 Å². The highest BCUT2D eigenvalue weighted by atomic mass is 16.5. The molecule has 1 saturated carbocycles. The minimum Gasteiger partial charge on any atom is -0.459 e. The molecule has 3 N–H and O–H groups in total. The van der Waals surface area contributed by atoms with Crippen LogP contribution in [-0.4, -0.2) is 70.3 Å². The number of fused-ring (bicyclic) bond motifs is 1. The van der Waals surface area contributed by atoms with Gasteiger partial charge in [-0.15, -0.1) is 0 Å². The van der Waals surface area contributed by atoms with Crippen molar-refractivity contribution in [3.8, 4) is 0 Å². The molecule has 1 saturated heterocycles. The van der Waals surface area contributed by atoms with Crippen LogP contribution in [0.15, 0.2) is 4.99 Å². The Morgan fingerprint density at radius 1 is 1.22 bits per heavy atom. The van der Waals surface area contributed by atoms with E-state index in [1.54, 1.807) is 0 Å². The summed E-state index contributed by atoms with van der Waals surface area (Å²) in [5.74, 6) is -0.325. The monoisotopic (exact) mass is 256 g/mol. The number of aliphatic imine (C=N–C) groups is 1. The second kappa shape index (κ2) is 4.68. The zero-order valence-electron chi connectivity index (χ0n) is 10.3. The molecule has 0 spiro atoms. The molecular weight excluding hydrogens is 236 g/mol. The zero-order valence-corrected chi connectivity index (χ0v) is 10.3. The first-order valence-electron chi connectivity index (χ1n) is 6.67. The van der Waals surface area contributed by atoms with E-state index in [4.69, 9.17) is 4.74 Å². The Balaban J connectivity index is 1.74. The molecular formula is C12H20N2O4. The first kappa shape index (κ1) is 12.2. The number of hydrogen-bond acceptors (Lipinski definition) is 6. The second-order valence-electron chi connectivity index (χ2n) is 5.41. The van der Waals surface area contributed by atoms with Crippen molar-refractivity contribution in [2.45, 2.75) is 43.6 Å². The molecule has 0 radical (unpaired) electrons. The quantitative estimate of drug-likeness (QED) is 0.557. The summed E-state index contributed by atoms with van der Waals surface area (Å²) in [6, 6.07) is 0.214. The van der Waals surface area contributed by atoms with E-state index in [2.05, 4.69) is 9.89 Å². The number of hydrogen-bond donors (Lipinski definition) is 3. The molecule has 3 aliphatic rings. The predicted molar refractivity (Wildman–Crippen MR) is 64.1 cm³/mol. The van der Waals surface area contributed by atoms with Crippen LogP contribution in [0.5, 0.6) is 0 Å². The van der Waals surface area contributed by atoms with Gasteiger partial charge in [0.1, 0.15) is 18.2 Å². The maximum Gasteiger partial charge on any atom is 0.288 e. The Labute approximate surface area is 106 Å². The average molecular weight is 256 g/mol. The molecule has 2 aliphatic heterocycles. The van der Waals surface area contributed by atoms with Crippen molar-refractivity contribution in [2.75, 3.05) is 19.7 Å². The van der Waals surface area contributed by atoms with Crippen LogP contribution in [0.1, 0.15) is 19.3 Å². The van der Waals surface area contributed by atoms with Crippen LogP contribution in [0, 0.1) is 5.92 Å². The lowest BCUT2D eigenvalue weighted by Crippen LogP contribution is -2.52. The van der Waals surface area contributed by atoms with Gasteiger partial charge in [0.2, 0.25) is 0 Å². The number of rotatable bonds is 1. The lowest BCUT2D eigenvalue weighted by molar-refractivity contribution is -0.0954. The van der Waals surface area contributed by atoms with Gasteiger partial charge in [-0.1, -0.05) is 0 Å². The van der Waals surface area contributed by atoms with E-state index in [0.717, 1.165) is 25.9 Å². The van der Waals surface area contributed by atoms with Gasteiger partial charge in [-0.3, -0.25) is 0 Å². The summed E-state index contributed by atoms with van der Waals surface area (Å²) in [7, 11) is 0. The van der Waals surface area contributed by atoms with Crippen LogP contribution in [-0.2, 0) is 4.74 Å². The van der Waals surface area contributed by atoms with Gasteiger partial charge in [0, 0.05) is 25.6 Å². The minimum absolute atomic E-state index is 0.135. The Bertz CT molecular complexity index is 343. The van der Waals surface area contributed by atoms with E-state index in [1.165, 1.54) is 0 Å². The number of aliphatic hydroxyl groups is 3. The first-order chi connectivity index (χ1) is 8.70. The fourth-order valence-corrected chi connectivity index (χ4v) is 3.10. The second-order valence-corrected chi connectivity index (χ2v) is 5.41. The number of ether oxygens (including phenoxy) is 1. The lowest BCUT2D eigenvalue weighted by Gasteiger charge is -2.36. The molecule has 0 bridgehead atoms. The van der Waals surface area contributed by atoms with E-state index in [1.807, 2.05) is 0 Å². The van der Waals surface area contributed by atoms with E-state index in [0.29, 0.717) is 12.4 Å². The summed E-state index contributed by atoms with van der Waals surface area (Å²) in [5.41, 5.74) is 0. The van der Waals surface area contributed by atoms with Gasteiger partial charge in [0.05, 0.1) is 6.10 Å². The van der Waals surface area contributed by atoms with Crippen LogP contribution >= 0.6 is 0 Å². The Kier molecular flexibility index (Phi) is 3.17. The fraction of sp³-hybridized carbons (Fsp3) is 0.917. The molecule has 2 fully saturated rings. The molecule has 102 valence electrons. The van der Waals surface area contributed by atoms with Crippen LogP contribution in [0.2, 0.25) is 0 Å². The number of aliphatic hydroxyl groups excluding tert-OH is 3. The third-order valence-electron chi connectivity index (χ3n) is 4.23. The Morgan fingerprint density at radius 2 is 1.94 bits per heavy atom. The molecule has 0 amide bonds. The summed E-state index contributed by atoms with van der Waals surface area (Å²) < 4.78 is 5.79. The van der Waals surface area contributed by atoms with Crippen LogP contribution < -0.4 is 0 Å². The molecule has 0 aromatic rings. The average Bonchev–Trinajstić information content (AvgIpc) is 3.01. The standard InChI is InChI=1S/C12H20N2O4/c15-6-7-5-8-9(11(17)10(7)16)13-12(18-8)14-3-1-2-4-14/h7-11,15-17H,1-6H2/t7-,8-,9-,10-,11-/m1/s1. The summed E-state index contributed by atoms with van der Waals surface area (Å²) >= 11 is 0. The normalized spacial score (nSPS) is 43.6. The van der Waals surface area contributed by atoms with Crippen molar-refractivity contribution < 1.29 is 20.1 Å². The van der Waals surface area contributed by atoms with Crippen molar-refractivity contribution in [2.24, 2.45) is 10.9 Å². The molecule has 3 rings (SSSR count). The van der Waals surface area contributed by atoms with Gasteiger partial charge in [0.25, 0.3) is 6.02 Å². The Morgan fingerprint density at radius 3 is 2.61 bits per heavy atom.